The fraction of sp³-hybridized carbons (Fsp3) is 0.533. The normalized spacial score (nSPS) is 30.2. The summed E-state index contributed by atoms with van der Waals surface area (Å²) in [5, 5.41) is 11.5. The van der Waals surface area contributed by atoms with Crippen molar-refractivity contribution >= 4 is 5.78 Å². The molecular weight excluding hydrogens is 256 g/mol. The van der Waals surface area contributed by atoms with E-state index >= 15 is 0 Å². The summed E-state index contributed by atoms with van der Waals surface area (Å²) in [6, 6.07) is 9.98. The van der Waals surface area contributed by atoms with Crippen molar-refractivity contribution in [3.63, 3.8) is 0 Å². The second kappa shape index (κ2) is 4.98. The summed E-state index contributed by atoms with van der Waals surface area (Å²) in [4.78, 5) is 25.1. The summed E-state index contributed by atoms with van der Waals surface area (Å²) >= 11 is 0. The van der Waals surface area contributed by atoms with Gasteiger partial charge in [0.05, 0.1) is 12.5 Å². The van der Waals surface area contributed by atoms with Crippen LogP contribution in [0.25, 0.3) is 0 Å². The highest BCUT2D eigenvalue weighted by Crippen LogP contribution is 2.41. The molecule has 1 saturated heterocycles. The summed E-state index contributed by atoms with van der Waals surface area (Å²) in [5.41, 5.74) is 0.263. The second-order valence-corrected chi connectivity index (χ2v) is 5.96. The quantitative estimate of drug-likeness (QED) is 0.623. The van der Waals surface area contributed by atoms with E-state index in [-0.39, 0.29) is 16.6 Å². The minimum absolute atomic E-state index is 0.123. The van der Waals surface area contributed by atoms with Crippen molar-refractivity contribution in [1.29, 1.82) is 0 Å². The zero-order chi connectivity index (χ0) is 14.2. The maximum absolute atomic E-state index is 11.6. The number of ketones is 1. The molecule has 0 amide bonds. The molecule has 20 heavy (non-hydrogen) atoms. The largest absolute Gasteiger partial charge is 0.300 e. The van der Waals surface area contributed by atoms with E-state index in [1.807, 2.05) is 30.3 Å². The van der Waals surface area contributed by atoms with Gasteiger partial charge in [-0.15, -0.1) is 0 Å². The van der Waals surface area contributed by atoms with Crippen molar-refractivity contribution in [3.8, 4) is 0 Å². The van der Waals surface area contributed by atoms with Crippen LogP contribution in [0.3, 0.4) is 0 Å². The van der Waals surface area contributed by atoms with E-state index in [4.69, 9.17) is 0 Å². The van der Waals surface area contributed by atoms with Gasteiger partial charge < -0.3 is 0 Å². The molecule has 1 aliphatic carbocycles. The lowest BCUT2D eigenvalue weighted by atomic mass is 9.75. The molecule has 0 spiro atoms. The average Bonchev–Trinajstić information content (AvgIpc) is 2.78. The molecule has 1 saturated carbocycles. The van der Waals surface area contributed by atoms with E-state index in [1.165, 1.54) is 0 Å². The number of hydrogen-bond acceptors (Lipinski definition) is 4. The molecule has 2 fully saturated rings. The lowest BCUT2D eigenvalue weighted by Crippen LogP contribution is -2.49. The third kappa shape index (κ3) is 2.22. The zero-order valence-electron chi connectivity index (χ0n) is 11.3. The number of rotatable bonds is 3. The maximum Gasteiger partial charge on any atom is 0.239 e. The maximum atomic E-state index is 11.6. The van der Waals surface area contributed by atoms with Crippen LogP contribution in [-0.4, -0.2) is 34.2 Å². The Hall–Kier alpha value is -1.75. The Balaban J connectivity index is 1.78. The topological polar surface area (TPSA) is 63.4 Å². The van der Waals surface area contributed by atoms with Crippen LogP contribution >= 0.6 is 0 Å². The zero-order valence-corrected chi connectivity index (χ0v) is 11.3. The van der Waals surface area contributed by atoms with Crippen molar-refractivity contribution < 1.29 is 9.72 Å². The van der Waals surface area contributed by atoms with Gasteiger partial charge >= 0.3 is 0 Å². The smallest absolute Gasteiger partial charge is 0.239 e. The minimum Gasteiger partial charge on any atom is -0.300 e. The third-order valence-electron chi connectivity index (χ3n) is 4.66. The molecule has 1 aliphatic heterocycles. The highest BCUT2D eigenvalue weighted by molar-refractivity contribution is 5.80. The van der Waals surface area contributed by atoms with Gasteiger partial charge in [0, 0.05) is 37.3 Å². The first-order valence-corrected chi connectivity index (χ1v) is 7.03. The van der Waals surface area contributed by atoms with E-state index in [1.54, 1.807) is 0 Å². The SMILES string of the molecule is O=C1CC[C@]2([N+](=O)[O-])CN(Cc3ccccc3)C[C@@H]2C1. The predicted octanol–water partition coefficient (Wildman–Crippen LogP) is 1.89. The number of likely N-dealkylation sites (tertiary alicyclic amines) is 1. The van der Waals surface area contributed by atoms with Crippen molar-refractivity contribution in [2.75, 3.05) is 13.1 Å². The number of Topliss-reactive ketones (excluding diaryl/α,β-unsaturated/α-hetero) is 1. The van der Waals surface area contributed by atoms with Crippen molar-refractivity contribution in [1.82, 2.24) is 4.90 Å². The van der Waals surface area contributed by atoms with E-state index < -0.39 is 5.54 Å². The van der Waals surface area contributed by atoms with Crippen molar-refractivity contribution in [3.05, 3.63) is 46.0 Å². The summed E-state index contributed by atoms with van der Waals surface area (Å²) in [5.74, 6) is 0.0523. The van der Waals surface area contributed by atoms with Gasteiger partial charge in [-0.05, 0) is 5.56 Å². The number of carbonyl (C=O) groups excluding carboxylic acids is 1. The fourth-order valence-electron chi connectivity index (χ4n) is 3.59. The third-order valence-corrected chi connectivity index (χ3v) is 4.66. The van der Waals surface area contributed by atoms with E-state index in [0.29, 0.717) is 32.4 Å². The average molecular weight is 274 g/mol. The number of benzene rings is 1. The van der Waals surface area contributed by atoms with Crippen molar-refractivity contribution in [2.24, 2.45) is 5.92 Å². The Kier molecular flexibility index (Phi) is 3.30. The molecule has 1 aromatic carbocycles. The van der Waals surface area contributed by atoms with Gasteiger partial charge in [0.2, 0.25) is 5.54 Å². The molecule has 2 aliphatic rings. The lowest BCUT2D eigenvalue weighted by Gasteiger charge is -2.29. The van der Waals surface area contributed by atoms with E-state index in [9.17, 15) is 14.9 Å². The molecule has 0 radical (unpaired) electrons. The number of nitro groups is 1. The second-order valence-electron chi connectivity index (χ2n) is 5.96. The summed E-state index contributed by atoms with van der Waals surface area (Å²) in [6.45, 7) is 1.84. The summed E-state index contributed by atoms with van der Waals surface area (Å²) in [7, 11) is 0. The summed E-state index contributed by atoms with van der Waals surface area (Å²) in [6.07, 6.45) is 1.12. The van der Waals surface area contributed by atoms with Gasteiger partial charge in [-0.25, -0.2) is 0 Å². The number of hydrogen-bond donors (Lipinski definition) is 0. The van der Waals surface area contributed by atoms with Gasteiger partial charge in [-0.3, -0.25) is 19.8 Å². The van der Waals surface area contributed by atoms with E-state index in [2.05, 4.69) is 4.90 Å². The summed E-state index contributed by atoms with van der Waals surface area (Å²) < 4.78 is 0. The van der Waals surface area contributed by atoms with Gasteiger partial charge in [-0.2, -0.15) is 0 Å². The Morgan fingerprint density at radius 2 is 2.10 bits per heavy atom. The van der Waals surface area contributed by atoms with Crippen LogP contribution in [0.1, 0.15) is 24.8 Å². The minimum atomic E-state index is -0.900. The molecule has 0 bridgehead atoms. The molecule has 5 heteroatoms. The first-order valence-electron chi connectivity index (χ1n) is 7.03. The molecule has 0 aromatic heterocycles. The van der Waals surface area contributed by atoms with Crippen LogP contribution in [-0.2, 0) is 11.3 Å². The van der Waals surface area contributed by atoms with Gasteiger partial charge in [0.1, 0.15) is 5.78 Å². The van der Waals surface area contributed by atoms with E-state index in [0.717, 1.165) is 12.1 Å². The van der Waals surface area contributed by atoms with Gasteiger partial charge in [-0.1, -0.05) is 30.3 Å². The lowest BCUT2D eigenvalue weighted by molar-refractivity contribution is -0.576. The Morgan fingerprint density at radius 1 is 1.35 bits per heavy atom. The Morgan fingerprint density at radius 3 is 2.80 bits per heavy atom. The van der Waals surface area contributed by atoms with Crippen LogP contribution < -0.4 is 0 Å². The van der Waals surface area contributed by atoms with Gasteiger partial charge in [0.15, 0.2) is 0 Å². The van der Waals surface area contributed by atoms with Crippen molar-refractivity contribution in [2.45, 2.75) is 31.3 Å². The first kappa shape index (κ1) is 13.2. The number of fused-ring (bicyclic) bond motifs is 1. The highest BCUT2D eigenvalue weighted by atomic mass is 16.6. The van der Waals surface area contributed by atoms with Crippen LogP contribution in [0.15, 0.2) is 30.3 Å². The molecule has 0 unspecified atom stereocenters. The molecule has 5 nitrogen and oxygen atoms in total. The molecule has 0 N–H and O–H groups in total. The Bertz CT molecular complexity index is 531. The number of carbonyl (C=O) groups is 1. The highest BCUT2D eigenvalue weighted by Gasteiger charge is 2.58. The molecule has 1 heterocycles. The predicted molar refractivity (Wildman–Crippen MR) is 73.8 cm³/mol. The van der Waals surface area contributed by atoms with Crippen LogP contribution in [0.2, 0.25) is 0 Å². The van der Waals surface area contributed by atoms with Crippen LogP contribution in [0.5, 0.6) is 0 Å². The monoisotopic (exact) mass is 274 g/mol. The molecule has 2 atom stereocenters. The first-order chi connectivity index (χ1) is 9.60. The fourth-order valence-corrected chi connectivity index (χ4v) is 3.59. The molecule has 106 valence electrons. The van der Waals surface area contributed by atoms with Gasteiger partial charge in [0.25, 0.3) is 0 Å². The van der Waals surface area contributed by atoms with Crippen LogP contribution in [0.4, 0.5) is 0 Å². The molecule has 1 aromatic rings. The Labute approximate surface area is 117 Å². The number of nitrogens with zero attached hydrogens (tertiary/aromatic N) is 2. The van der Waals surface area contributed by atoms with Crippen LogP contribution in [0, 0.1) is 16.0 Å². The standard InChI is InChI=1S/C15H18N2O3/c18-14-6-7-15(17(19)20)11-16(10-13(15)8-14)9-12-4-2-1-3-5-12/h1-5,13H,6-11H2/t13-,15-/m0/s1. The molecule has 3 rings (SSSR count). The molecular formula is C15H18N2O3.